The fourth-order valence-corrected chi connectivity index (χ4v) is 1.13. The second kappa shape index (κ2) is 4.84. The molecule has 1 rings (SSSR count). The zero-order chi connectivity index (χ0) is 11.4. The summed E-state index contributed by atoms with van der Waals surface area (Å²) in [5.74, 6) is -0.925. The molecule has 4 heteroatoms. The highest BCUT2D eigenvalue weighted by atomic mass is 35.5. The molecule has 3 nitrogen and oxygen atoms in total. The van der Waals surface area contributed by atoms with E-state index in [-0.39, 0.29) is 5.56 Å². The first-order chi connectivity index (χ1) is 7.00. The van der Waals surface area contributed by atoms with Crippen LogP contribution in [0.5, 0.6) is 0 Å². The Kier molecular flexibility index (Phi) is 3.74. The minimum absolute atomic E-state index is 0.273. The molecule has 0 saturated heterocycles. The van der Waals surface area contributed by atoms with Gasteiger partial charge in [0.25, 0.3) is 0 Å². The number of hydrogen-bond acceptors (Lipinski definition) is 1. The fraction of sp³-hybridized carbons (Fsp3) is 0.182. The largest absolute Gasteiger partial charge is 0.478 e. The van der Waals surface area contributed by atoms with Crippen molar-refractivity contribution in [3.63, 3.8) is 0 Å². The van der Waals surface area contributed by atoms with Crippen LogP contribution < -0.4 is 0 Å². The molecular formula is C11H12ClNO2. The monoisotopic (exact) mass is 225 g/mol. The van der Waals surface area contributed by atoms with Gasteiger partial charge in [-0.15, -0.1) is 0 Å². The number of aromatic nitrogens is 1. The molecule has 0 atom stereocenters. The third-order valence-corrected chi connectivity index (χ3v) is 2.03. The zero-order valence-electron chi connectivity index (χ0n) is 8.57. The zero-order valence-corrected chi connectivity index (χ0v) is 9.32. The smallest absolute Gasteiger partial charge is 0.337 e. The third kappa shape index (κ3) is 3.29. The van der Waals surface area contributed by atoms with Crippen molar-refractivity contribution in [3.05, 3.63) is 41.2 Å². The normalized spacial score (nSPS) is 13.0. The Morgan fingerprint density at radius 1 is 1.47 bits per heavy atom. The second-order valence-electron chi connectivity index (χ2n) is 3.17. The van der Waals surface area contributed by atoms with Crippen molar-refractivity contribution in [1.29, 1.82) is 0 Å². The molecule has 1 heterocycles. The molecule has 0 aromatic carbocycles. The molecule has 1 aromatic rings. The molecule has 0 aliphatic heterocycles. The molecule has 0 saturated carbocycles. The van der Waals surface area contributed by atoms with E-state index >= 15 is 0 Å². The van der Waals surface area contributed by atoms with Crippen molar-refractivity contribution in [2.45, 2.75) is 13.8 Å². The maximum Gasteiger partial charge on any atom is 0.337 e. The summed E-state index contributed by atoms with van der Waals surface area (Å²) in [7, 11) is 0. The Bertz CT molecular complexity index is 426. The highest BCUT2D eigenvalue weighted by Crippen LogP contribution is 2.09. The average Bonchev–Trinajstić information content (AvgIpc) is 2.62. The Balaban J connectivity index is 2.92. The summed E-state index contributed by atoms with van der Waals surface area (Å²) < 4.78 is 1.74. The molecule has 1 N–H and O–H groups in total. The number of hydrogen-bond donors (Lipinski definition) is 1. The SMILES string of the molecule is C/C(Cl)=C\C=C(/C)n1ccc(C(=O)O)c1. The number of rotatable bonds is 3. The number of carboxylic acids is 1. The van der Waals surface area contributed by atoms with Crippen LogP contribution in [0.25, 0.3) is 5.70 Å². The number of carbonyl (C=O) groups is 1. The molecule has 0 radical (unpaired) electrons. The molecule has 0 amide bonds. The summed E-state index contributed by atoms with van der Waals surface area (Å²) in [4.78, 5) is 10.6. The predicted octanol–water partition coefficient (Wildman–Crippen LogP) is 3.19. The van der Waals surface area contributed by atoms with Crippen LogP contribution in [0.4, 0.5) is 0 Å². The first kappa shape index (κ1) is 11.6. The summed E-state index contributed by atoms with van der Waals surface area (Å²) in [5, 5.41) is 9.41. The minimum Gasteiger partial charge on any atom is -0.478 e. The third-order valence-electron chi connectivity index (χ3n) is 1.90. The molecule has 0 bridgehead atoms. The van der Waals surface area contributed by atoms with E-state index in [0.29, 0.717) is 5.03 Å². The minimum atomic E-state index is -0.925. The number of nitrogens with zero attached hydrogens (tertiary/aromatic N) is 1. The number of halogens is 1. The van der Waals surface area contributed by atoms with Gasteiger partial charge in [-0.3, -0.25) is 0 Å². The molecule has 0 aliphatic rings. The molecule has 1 aromatic heterocycles. The van der Waals surface area contributed by atoms with Crippen LogP contribution in [-0.4, -0.2) is 15.6 Å². The van der Waals surface area contributed by atoms with Crippen molar-refractivity contribution in [2.24, 2.45) is 0 Å². The van der Waals surface area contributed by atoms with Gasteiger partial charge in [-0.1, -0.05) is 11.6 Å². The lowest BCUT2D eigenvalue weighted by atomic mass is 10.3. The van der Waals surface area contributed by atoms with Crippen LogP contribution >= 0.6 is 11.6 Å². The lowest BCUT2D eigenvalue weighted by Crippen LogP contribution is -1.94. The van der Waals surface area contributed by atoms with Gasteiger partial charge < -0.3 is 9.67 Å². The van der Waals surface area contributed by atoms with Gasteiger partial charge in [0.15, 0.2) is 0 Å². The summed E-state index contributed by atoms with van der Waals surface area (Å²) in [6.07, 6.45) is 6.85. The summed E-state index contributed by atoms with van der Waals surface area (Å²) in [6, 6.07) is 1.55. The molecule has 0 unspecified atom stereocenters. The Hall–Kier alpha value is -1.48. The van der Waals surface area contributed by atoms with E-state index in [2.05, 4.69) is 0 Å². The van der Waals surface area contributed by atoms with Gasteiger partial charge in [-0.25, -0.2) is 4.79 Å². The van der Waals surface area contributed by atoms with Gasteiger partial charge in [-0.2, -0.15) is 0 Å². The van der Waals surface area contributed by atoms with Crippen molar-refractivity contribution in [1.82, 2.24) is 4.57 Å². The van der Waals surface area contributed by atoms with E-state index in [1.54, 1.807) is 36.0 Å². The van der Waals surface area contributed by atoms with E-state index < -0.39 is 5.97 Å². The van der Waals surface area contributed by atoms with Gasteiger partial charge in [0, 0.05) is 23.1 Å². The standard InChI is InChI=1S/C11H12ClNO2/c1-8(12)3-4-9(2)13-6-5-10(7-13)11(14)15/h3-7H,1-2H3,(H,14,15)/b8-3+,9-4+. The van der Waals surface area contributed by atoms with Crippen LogP contribution in [0.1, 0.15) is 24.2 Å². The fourth-order valence-electron chi connectivity index (χ4n) is 1.06. The van der Waals surface area contributed by atoms with E-state index in [0.717, 1.165) is 5.70 Å². The highest BCUT2D eigenvalue weighted by Gasteiger charge is 2.04. The van der Waals surface area contributed by atoms with Crippen molar-refractivity contribution >= 4 is 23.3 Å². The van der Waals surface area contributed by atoms with Gasteiger partial charge in [0.1, 0.15) is 0 Å². The number of carboxylic acid groups (broad SMARTS) is 1. The average molecular weight is 226 g/mol. The lowest BCUT2D eigenvalue weighted by molar-refractivity contribution is 0.0697. The molecule has 0 spiro atoms. The first-order valence-corrected chi connectivity index (χ1v) is 4.81. The Morgan fingerprint density at radius 3 is 2.60 bits per heavy atom. The first-order valence-electron chi connectivity index (χ1n) is 4.43. The Labute approximate surface area is 93.3 Å². The number of allylic oxidation sites excluding steroid dienone is 4. The molecule has 80 valence electrons. The maximum atomic E-state index is 10.6. The van der Waals surface area contributed by atoms with E-state index in [4.69, 9.17) is 16.7 Å². The molecule has 0 aliphatic carbocycles. The topological polar surface area (TPSA) is 42.2 Å². The van der Waals surface area contributed by atoms with Gasteiger partial charge in [0.05, 0.1) is 5.56 Å². The quantitative estimate of drug-likeness (QED) is 0.803. The Morgan fingerprint density at radius 2 is 2.13 bits per heavy atom. The maximum absolute atomic E-state index is 10.6. The number of aromatic carboxylic acids is 1. The highest BCUT2D eigenvalue weighted by molar-refractivity contribution is 6.29. The van der Waals surface area contributed by atoms with E-state index in [9.17, 15) is 4.79 Å². The molecule has 0 fully saturated rings. The van der Waals surface area contributed by atoms with Crippen LogP contribution in [0.2, 0.25) is 0 Å². The van der Waals surface area contributed by atoms with Crippen LogP contribution in [0.3, 0.4) is 0 Å². The molecule has 15 heavy (non-hydrogen) atoms. The van der Waals surface area contributed by atoms with Crippen molar-refractivity contribution in [2.75, 3.05) is 0 Å². The predicted molar refractivity (Wildman–Crippen MR) is 60.9 cm³/mol. The molecular weight excluding hydrogens is 214 g/mol. The van der Waals surface area contributed by atoms with Crippen molar-refractivity contribution in [3.8, 4) is 0 Å². The van der Waals surface area contributed by atoms with E-state index in [1.807, 2.05) is 13.0 Å². The van der Waals surface area contributed by atoms with Crippen LogP contribution in [0, 0.1) is 0 Å². The van der Waals surface area contributed by atoms with Gasteiger partial charge in [0.2, 0.25) is 0 Å². The second-order valence-corrected chi connectivity index (χ2v) is 3.77. The van der Waals surface area contributed by atoms with Crippen LogP contribution in [0.15, 0.2) is 35.6 Å². The lowest BCUT2D eigenvalue weighted by Gasteiger charge is -2.00. The summed E-state index contributed by atoms with van der Waals surface area (Å²) >= 11 is 5.68. The van der Waals surface area contributed by atoms with Gasteiger partial charge in [-0.05, 0) is 32.1 Å². The summed E-state index contributed by atoms with van der Waals surface area (Å²) in [5.41, 5.74) is 1.18. The van der Waals surface area contributed by atoms with E-state index in [1.165, 1.54) is 0 Å². The van der Waals surface area contributed by atoms with Gasteiger partial charge >= 0.3 is 5.97 Å². The van der Waals surface area contributed by atoms with Crippen LogP contribution in [-0.2, 0) is 0 Å². The summed E-state index contributed by atoms with van der Waals surface area (Å²) in [6.45, 7) is 3.66. The van der Waals surface area contributed by atoms with Crippen molar-refractivity contribution < 1.29 is 9.90 Å².